The van der Waals surface area contributed by atoms with Crippen molar-refractivity contribution >= 4 is 37.9 Å². The van der Waals surface area contributed by atoms with E-state index in [1.54, 1.807) is 37.4 Å². The number of carbonyl (C=O) groups excluding carboxylic acids is 1. The van der Waals surface area contributed by atoms with Gasteiger partial charge in [-0.2, -0.15) is 0 Å². The van der Waals surface area contributed by atoms with E-state index in [1.165, 1.54) is 7.11 Å². The molecule has 0 radical (unpaired) electrons. The molecule has 9 nitrogen and oxygen atoms in total. The lowest BCUT2D eigenvalue weighted by Gasteiger charge is -2.12. The highest BCUT2D eigenvalue weighted by atomic mass is 32.2. The van der Waals surface area contributed by atoms with Crippen molar-refractivity contribution in [3.05, 3.63) is 72.3 Å². The van der Waals surface area contributed by atoms with Gasteiger partial charge in [0, 0.05) is 29.7 Å². The predicted molar refractivity (Wildman–Crippen MR) is 131 cm³/mol. The van der Waals surface area contributed by atoms with Gasteiger partial charge in [0.1, 0.15) is 12.1 Å². The van der Waals surface area contributed by atoms with Crippen molar-refractivity contribution in [1.29, 1.82) is 0 Å². The van der Waals surface area contributed by atoms with E-state index < -0.39 is 16.0 Å². The number of hydrogen-bond acceptors (Lipinski definition) is 7. The third kappa shape index (κ3) is 3.53. The second kappa shape index (κ2) is 8.24. The van der Waals surface area contributed by atoms with Crippen LogP contribution in [-0.4, -0.2) is 47.1 Å². The topological polar surface area (TPSA) is 105 Å². The van der Waals surface area contributed by atoms with Gasteiger partial charge in [0.15, 0.2) is 11.3 Å². The number of methoxy groups -OCH3 is 2. The monoisotopic (exact) mass is 490 g/mol. The highest BCUT2D eigenvalue weighted by Crippen LogP contribution is 2.38. The van der Waals surface area contributed by atoms with E-state index in [0.717, 1.165) is 26.8 Å². The Morgan fingerprint density at radius 3 is 2.40 bits per heavy atom. The second-order valence-electron chi connectivity index (χ2n) is 8.10. The smallest absolute Gasteiger partial charge is 0.357 e. The maximum Gasteiger partial charge on any atom is 0.357 e. The predicted octanol–water partition coefficient (Wildman–Crippen LogP) is 3.93. The van der Waals surface area contributed by atoms with E-state index in [1.807, 2.05) is 42.9 Å². The summed E-state index contributed by atoms with van der Waals surface area (Å²) in [7, 11) is 0.581. The molecule has 5 aromatic rings. The molecule has 0 saturated heterocycles. The number of fused-ring (bicyclic) bond motifs is 2. The fourth-order valence-corrected chi connectivity index (χ4v) is 5.67. The lowest BCUT2D eigenvalue weighted by molar-refractivity contribution is 0.0596. The summed E-state index contributed by atoms with van der Waals surface area (Å²) in [5.74, 6) is -0.0579. The zero-order valence-electron chi connectivity index (χ0n) is 19.5. The minimum atomic E-state index is -4.11. The first-order chi connectivity index (χ1) is 16.8. The molecule has 3 aromatic heterocycles. The Morgan fingerprint density at radius 1 is 0.971 bits per heavy atom. The van der Waals surface area contributed by atoms with E-state index >= 15 is 0 Å². The number of rotatable bonds is 5. The van der Waals surface area contributed by atoms with Crippen molar-refractivity contribution < 1.29 is 22.7 Å². The number of nitrogens with zero attached hydrogens (tertiary/aromatic N) is 4. The number of carbonyl (C=O) groups is 1. The maximum atomic E-state index is 14.0. The van der Waals surface area contributed by atoms with Gasteiger partial charge in [-0.15, -0.1) is 0 Å². The molecule has 0 saturated carbocycles. The Labute approximate surface area is 201 Å². The van der Waals surface area contributed by atoms with Crippen LogP contribution in [0.3, 0.4) is 0 Å². The summed E-state index contributed by atoms with van der Waals surface area (Å²) in [5, 5.41) is 1.05. The van der Waals surface area contributed by atoms with Crippen molar-refractivity contribution in [2.75, 3.05) is 14.2 Å². The molecule has 0 bridgehead atoms. The molecule has 0 amide bonds. The molecule has 0 spiro atoms. The highest BCUT2D eigenvalue weighted by Gasteiger charge is 2.29. The van der Waals surface area contributed by atoms with Crippen molar-refractivity contribution in [3.63, 3.8) is 0 Å². The Bertz CT molecular complexity index is 1720. The quantitative estimate of drug-likeness (QED) is 0.344. The van der Waals surface area contributed by atoms with Gasteiger partial charge in [-0.25, -0.2) is 27.2 Å². The molecule has 0 unspecified atom stereocenters. The van der Waals surface area contributed by atoms with Crippen LogP contribution >= 0.6 is 0 Å². The Kier molecular flexibility index (Phi) is 5.32. The molecule has 35 heavy (non-hydrogen) atoms. The number of aryl methyl sites for hydroxylation is 2. The van der Waals surface area contributed by atoms with Crippen molar-refractivity contribution in [1.82, 2.24) is 18.5 Å². The van der Waals surface area contributed by atoms with Crippen LogP contribution in [-0.2, 0) is 21.8 Å². The molecular formula is C25H22N4O5S. The van der Waals surface area contributed by atoms with Gasteiger partial charge in [-0.3, -0.25) is 0 Å². The number of ether oxygens (including phenoxy) is 2. The first-order valence-corrected chi connectivity index (χ1v) is 12.1. The fraction of sp³-hybridized carbons (Fsp3) is 0.160. The SMILES string of the molecule is COC(=O)c1ncnc2c1cc(-c1cn(C)c3ccc(OC)cc13)n2S(=O)(=O)c1ccc(C)cc1. The van der Waals surface area contributed by atoms with E-state index in [9.17, 15) is 13.2 Å². The summed E-state index contributed by atoms with van der Waals surface area (Å²) in [5.41, 5.74) is 2.84. The number of hydrogen-bond donors (Lipinski definition) is 0. The molecule has 5 rings (SSSR count). The zero-order valence-corrected chi connectivity index (χ0v) is 20.3. The van der Waals surface area contributed by atoms with Gasteiger partial charge < -0.3 is 14.0 Å². The van der Waals surface area contributed by atoms with Crippen LogP contribution in [0.4, 0.5) is 0 Å². The van der Waals surface area contributed by atoms with Gasteiger partial charge in [-0.1, -0.05) is 17.7 Å². The molecule has 0 aliphatic rings. The van der Waals surface area contributed by atoms with Gasteiger partial charge >= 0.3 is 5.97 Å². The van der Waals surface area contributed by atoms with Crippen molar-refractivity contribution in [3.8, 4) is 17.0 Å². The van der Waals surface area contributed by atoms with Crippen LogP contribution in [0.2, 0.25) is 0 Å². The van der Waals surface area contributed by atoms with Crippen LogP contribution < -0.4 is 4.74 Å². The molecule has 0 aliphatic heterocycles. The standard InChI is InChI=1S/C25H22N4O5S/c1-15-5-8-17(9-6-15)35(31,32)29-22(12-19-23(25(30)34-4)26-14-27-24(19)29)20-13-28(2)21-10-7-16(33-3)11-18(20)21/h5-14H,1-4H3. The van der Waals surface area contributed by atoms with E-state index in [2.05, 4.69) is 9.97 Å². The molecular weight excluding hydrogens is 468 g/mol. The van der Waals surface area contributed by atoms with Crippen LogP contribution in [0.15, 0.2) is 66.0 Å². The molecule has 2 aromatic carbocycles. The fourth-order valence-electron chi connectivity index (χ4n) is 4.20. The molecule has 3 heterocycles. The van der Waals surface area contributed by atoms with Crippen molar-refractivity contribution in [2.45, 2.75) is 11.8 Å². The van der Waals surface area contributed by atoms with Crippen LogP contribution in [0, 0.1) is 6.92 Å². The maximum absolute atomic E-state index is 14.0. The lowest BCUT2D eigenvalue weighted by atomic mass is 10.1. The highest BCUT2D eigenvalue weighted by molar-refractivity contribution is 7.90. The van der Waals surface area contributed by atoms with Crippen LogP contribution in [0.5, 0.6) is 5.75 Å². The summed E-state index contributed by atoms with van der Waals surface area (Å²) in [4.78, 5) is 20.9. The normalized spacial score (nSPS) is 11.8. The van der Waals surface area contributed by atoms with Crippen LogP contribution in [0.1, 0.15) is 16.1 Å². The van der Waals surface area contributed by atoms with Gasteiger partial charge in [-0.05, 0) is 43.3 Å². The summed E-state index contributed by atoms with van der Waals surface area (Å²) < 4.78 is 41.3. The summed E-state index contributed by atoms with van der Waals surface area (Å²) in [6.45, 7) is 1.88. The zero-order chi connectivity index (χ0) is 24.9. The van der Waals surface area contributed by atoms with Gasteiger partial charge in [0.2, 0.25) is 0 Å². The minimum Gasteiger partial charge on any atom is -0.497 e. The Morgan fingerprint density at radius 2 is 1.71 bits per heavy atom. The summed E-state index contributed by atoms with van der Waals surface area (Å²) in [6.07, 6.45) is 3.00. The Hall–Kier alpha value is -4.18. The number of aromatic nitrogens is 4. The van der Waals surface area contributed by atoms with E-state index in [0.29, 0.717) is 17.0 Å². The average molecular weight is 491 g/mol. The average Bonchev–Trinajstić information content (AvgIpc) is 3.41. The number of esters is 1. The molecule has 0 N–H and O–H groups in total. The third-order valence-electron chi connectivity index (χ3n) is 5.97. The molecule has 0 atom stereocenters. The lowest BCUT2D eigenvalue weighted by Crippen LogP contribution is -2.15. The van der Waals surface area contributed by atoms with E-state index in [-0.39, 0.29) is 21.6 Å². The van der Waals surface area contributed by atoms with Gasteiger partial charge in [0.05, 0.1) is 30.2 Å². The molecule has 0 aliphatic carbocycles. The molecule has 10 heteroatoms. The molecule has 0 fully saturated rings. The Balaban J connectivity index is 1.91. The number of benzene rings is 2. The third-order valence-corrected chi connectivity index (χ3v) is 7.68. The van der Waals surface area contributed by atoms with Crippen LogP contribution in [0.25, 0.3) is 33.2 Å². The largest absolute Gasteiger partial charge is 0.497 e. The van der Waals surface area contributed by atoms with Crippen molar-refractivity contribution in [2.24, 2.45) is 7.05 Å². The van der Waals surface area contributed by atoms with E-state index in [4.69, 9.17) is 9.47 Å². The minimum absolute atomic E-state index is 0.0191. The first-order valence-electron chi connectivity index (χ1n) is 10.7. The van der Waals surface area contributed by atoms with Gasteiger partial charge in [0.25, 0.3) is 10.0 Å². The molecule has 178 valence electrons. The summed E-state index contributed by atoms with van der Waals surface area (Å²) >= 11 is 0. The second-order valence-corrected chi connectivity index (χ2v) is 9.89. The summed E-state index contributed by atoms with van der Waals surface area (Å²) in [6, 6.07) is 13.8. The first kappa shape index (κ1) is 22.6.